The van der Waals surface area contributed by atoms with Gasteiger partial charge >= 0.3 is 0 Å². The van der Waals surface area contributed by atoms with Crippen molar-refractivity contribution in [2.45, 2.75) is 6.54 Å². The number of nitrogens with zero attached hydrogens (tertiary/aromatic N) is 2. The molecule has 0 N–H and O–H groups in total. The molecule has 0 spiro atoms. The lowest BCUT2D eigenvalue weighted by Crippen LogP contribution is -2.81. The van der Waals surface area contributed by atoms with Crippen LogP contribution in [0, 0.1) is 116 Å². The second kappa shape index (κ2) is 19.4. The van der Waals surface area contributed by atoms with Gasteiger partial charge in [-0.1, -0.05) is 60.7 Å². The first-order valence-corrected chi connectivity index (χ1v) is 19.3. The highest BCUT2D eigenvalue weighted by Gasteiger charge is 2.52. The van der Waals surface area contributed by atoms with Crippen molar-refractivity contribution in [3.63, 3.8) is 0 Å². The van der Waals surface area contributed by atoms with Gasteiger partial charge < -0.3 is 4.74 Å². The topological polar surface area (TPSA) is 43.1 Å². The molecule has 25 heteroatoms. The van der Waals surface area contributed by atoms with Gasteiger partial charge in [-0.2, -0.15) is 4.57 Å². The molecule has 1 heterocycles. The number of fused-ring (bicyclic) bond motifs is 1. The molecule has 4 nitrogen and oxygen atoms in total. The second-order valence-electron chi connectivity index (χ2n) is 14.8. The van der Waals surface area contributed by atoms with Crippen LogP contribution >= 0.6 is 0 Å². The Bertz CT molecular complexity index is 3090. The summed E-state index contributed by atoms with van der Waals surface area (Å²) in [4.78, 5) is 16.6. The van der Waals surface area contributed by atoms with Crippen molar-refractivity contribution in [3.8, 4) is 11.6 Å². The lowest BCUT2D eigenvalue weighted by Gasteiger charge is -2.44. The number of hydrogen-bond acceptors (Lipinski definition) is 3. The Morgan fingerprint density at radius 3 is 1.14 bits per heavy atom. The third-order valence-electron chi connectivity index (χ3n) is 10.8. The molecule has 0 aliphatic rings. The molecule has 0 radical (unpaired) electrons. The molecule has 0 unspecified atom stereocenters. The summed E-state index contributed by atoms with van der Waals surface area (Å²) in [6.45, 7) is 0.237. The number of ether oxygens (including phenoxy) is 1. The van der Waals surface area contributed by atoms with Gasteiger partial charge in [0.2, 0.25) is 18.5 Å². The molecular formula is C46H17BF20N2O2. The maximum Gasteiger partial charge on any atom is 0.285 e. The Kier molecular flexibility index (Phi) is 13.9. The van der Waals surface area contributed by atoms with E-state index in [0.717, 1.165) is 10.8 Å². The fourth-order valence-electron chi connectivity index (χ4n) is 7.67. The summed E-state index contributed by atoms with van der Waals surface area (Å²) < 4.78 is 302. The average Bonchev–Trinajstić information content (AvgIpc) is 3.36. The van der Waals surface area contributed by atoms with E-state index in [9.17, 15) is 57.5 Å². The Balaban J connectivity index is 0.000000240. The molecule has 0 aliphatic carbocycles. The zero-order chi connectivity index (χ0) is 52.1. The van der Waals surface area contributed by atoms with Gasteiger partial charge in [0.25, 0.3) is 5.88 Å². The molecule has 7 aromatic carbocycles. The van der Waals surface area contributed by atoms with Crippen LogP contribution in [0.3, 0.4) is 0 Å². The molecule has 0 saturated carbocycles. The Hall–Kier alpha value is -7.99. The lowest BCUT2D eigenvalue weighted by atomic mass is 9.12. The normalized spacial score (nSPS) is 11.5. The minimum atomic E-state index is -7.22. The molecule has 0 bridgehead atoms. The fraction of sp³-hybridized carbons (Fsp3) is 0.0217. The Morgan fingerprint density at radius 1 is 0.423 bits per heavy atom. The van der Waals surface area contributed by atoms with Crippen molar-refractivity contribution >= 4 is 44.6 Å². The number of rotatable bonds is 9. The van der Waals surface area contributed by atoms with Gasteiger partial charge in [-0.15, -0.1) is 21.9 Å². The number of aromatic nitrogens is 2. The molecule has 0 fully saturated rings. The quantitative estimate of drug-likeness (QED) is 0.0362. The van der Waals surface area contributed by atoms with Crippen LogP contribution in [-0.2, 0) is 6.54 Å². The number of Topliss-reactive ketones (excluding diaryl/α,β-unsaturated/α-hetero) is 1. The predicted molar refractivity (Wildman–Crippen MR) is 208 cm³/mol. The molecule has 0 aliphatic heterocycles. The van der Waals surface area contributed by atoms with E-state index in [1.54, 1.807) is 23.2 Å². The summed E-state index contributed by atoms with van der Waals surface area (Å²) in [6, 6.07) is 23.3. The van der Waals surface area contributed by atoms with Gasteiger partial charge in [0.05, 0.1) is 6.20 Å². The molecule has 366 valence electrons. The van der Waals surface area contributed by atoms with E-state index in [1.165, 1.54) is 0 Å². The molecular weight excluding hydrogens is 1000 g/mol. The Labute approximate surface area is 382 Å². The van der Waals surface area contributed by atoms with E-state index in [0.29, 0.717) is 17.2 Å². The molecule has 0 saturated heterocycles. The molecule has 0 amide bonds. The molecule has 0 atom stereocenters. The smallest absolute Gasteiger partial charge is 0.285 e. The summed E-state index contributed by atoms with van der Waals surface area (Å²) in [7, 11) is 0. The SMILES string of the molecule is Fc1c(F)c(F)c([B-](c2c(F)c(F)c(F)c(F)c2F)(c2c(F)c(F)c(F)c(F)c2F)c2c(F)c(F)c(F)c(F)c2F)c(F)c1F.O=C(C[n+]1ccnc(Oc2ccc3ccccc3c2)c1)c1ccccc1. The molecule has 8 aromatic rings. The second-order valence-corrected chi connectivity index (χ2v) is 14.8. The number of ketones is 1. The van der Waals surface area contributed by atoms with Crippen molar-refractivity contribution in [1.29, 1.82) is 0 Å². The summed E-state index contributed by atoms with van der Waals surface area (Å²) in [5, 5.41) is 2.26. The van der Waals surface area contributed by atoms with Crippen LogP contribution in [0.2, 0.25) is 0 Å². The molecule has 1 aromatic heterocycles. The summed E-state index contributed by atoms with van der Waals surface area (Å²) in [6.07, 6.45) is -2.09. The van der Waals surface area contributed by atoms with Gasteiger partial charge in [0, 0.05) is 5.56 Å². The number of carbonyl (C=O) groups excluding carboxylic acids is 1. The van der Waals surface area contributed by atoms with Crippen LogP contribution in [-0.4, -0.2) is 16.9 Å². The first kappa shape index (κ1) is 50.9. The van der Waals surface area contributed by atoms with Gasteiger partial charge in [-0.3, -0.25) is 4.79 Å². The van der Waals surface area contributed by atoms with Gasteiger partial charge in [0.1, 0.15) is 58.4 Å². The Morgan fingerprint density at radius 2 is 0.761 bits per heavy atom. The predicted octanol–water partition coefficient (Wildman–Crippen LogP) is 10.0. The van der Waals surface area contributed by atoms with Crippen molar-refractivity contribution in [3.05, 3.63) is 213 Å². The summed E-state index contributed by atoms with van der Waals surface area (Å²) in [5.74, 6) is -70.2. The standard InChI is InChI=1S/C24BF20.C22H17N2O2/c26-5-1(6(27)14(35)21(42)13(5)34)25(2-7(28)15(36)22(43)16(37)8(2)29,3-9(30)17(38)23(44)18(39)10(3)31)4-11(32)19(40)24(45)20(41)12(4)33;25-21(18-7-2-1-3-8-18)15-24-13-12-23-22(16-24)26-20-11-10-17-6-4-5-9-19(17)14-20/h;1-14,16H,15H2/q-1;+1. The average molecular weight is 1020 g/mol. The van der Waals surface area contributed by atoms with E-state index in [-0.39, 0.29) is 12.3 Å². The number of benzene rings is 7. The minimum Gasteiger partial charge on any atom is -0.434 e. The summed E-state index contributed by atoms with van der Waals surface area (Å²) in [5.41, 5.74) is -13.6. The third kappa shape index (κ3) is 8.51. The highest BCUT2D eigenvalue weighted by Crippen LogP contribution is 2.31. The minimum absolute atomic E-state index is 0.0402. The van der Waals surface area contributed by atoms with E-state index in [1.807, 2.05) is 66.7 Å². The van der Waals surface area contributed by atoms with Crippen LogP contribution < -0.4 is 31.2 Å². The van der Waals surface area contributed by atoms with Gasteiger partial charge in [0.15, 0.2) is 76.0 Å². The number of carbonyl (C=O) groups is 1. The lowest BCUT2D eigenvalue weighted by molar-refractivity contribution is -0.683. The zero-order valence-corrected chi connectivity index (χ0v) is 34.2. The number of hydrogen-bond donors (Lipinski definition) is 0. The van der Waals surface area contributed by atoms with Gasteiger partial charge in [-0.25, -0.2) is 92.8 Å². The van der Waals surface area contributed by atoms with Crippen LogP contribution in [0.15, 0.2) is 91.4 Å². The van der Waals surface area contributed by atoms with Crippen LogP contribution in [0.25, 0.3) is 10.8 Å². The third-order valence-corrected chi connectivity index (χ3v) is 10.8. The van der Waals surface area contributed by atoms with Crippen molar-refractivity contribution < 1.29 is 102 Å². The monoisotopic (exact) mass is 1020 g/mol. The van der Waals surface area contributed by atoms with Crippen LogP contribution in [0.5, 0.6) is 11.6 Å². The largest absolute Gasteiger partial charge is 0.434 e. The van der Waals surface area contributed by atoms with Crippen LogP contribution in [0.4, 0.5) is 87.8 Å². The summed E-state index contributed by atoms with van der Waals surface area (Å²) >= 11 is 0. The van der Waals surface area contributed by atoms with Gasteiger partial charge in [-0.05, 0) is 22.9 Å². The molecule has 8 rings (SSSR count). The zero-order valence-electron chi connectivity index (χ0n) is 34.2. The van der Waals surface area contributed by atoms with E-state index < -0.39 is 144 Å². The first-order chi connectivity index (χ1) is 33.5. The highest BCUT2D eigenvalue weighted by molar-refractivity contribution is 7.20. The van der Waals surface area contributed by atoms with E-state index in [2.05, 4.69) is 11.1 Å². The highest BCUT2D eigenvalue weighted by atomic mass is 19.2. The fourth-order valence-corrected chi connectivity index (χ4v) is 7.67. The first-order valence-electron chi connectivity index (χ1n) is 19.3. The van der Waals surface area contributed by atoms with Crippen molar-refractivity contribution in [1.82, 2.24) is 4.98 Å². The molecule has 71 heavy (non-hydrogen) atoms. The van der Waals surface area contributed by atoms with Crippen LogP contribution in [0.1, 0.15) is 10.4 Å². The van der Waals surface area contributed by atoms with E-state index >= 15 is 35.1 Å². The number of halogens is 20. The maximum absolute atomic E-state index is 15.4. The maximum atomic E-state index is 15.4. The van der Waals surface area contributed by atoms with Crippen molar-refractivity contribution in [2.24, 2.45) is 0 Å². The van der Waals surface area contributed by atoms with Crippen molar-refractivity contribution in [2.75, 3.05) is 0 Å². The van der Waals surface area contributed by atoms with E-state index in [4.69, 9.17) is 4.74 Å².